The molecule has 3 aromatic rings. The lowest BCUT2D eigenvalue weighted by molar-refractivity contribution is -0.122. The normalized spacial score (nSPS) is 11.9. The molecule has 0 heterocycles. The second kappa shape index (κ2) is 9.21. The van der Waals surface area contributed by atoms with Crippen molar-refractivity contribution in [2.45, 2.75) is 13.0 Å². The molecule has 2 amide bonds. The van der Waals surface area contributed by atoms with Gasteiger partial charge in [0.25, 0.3) is 0 Å². The van der Waals surface area contributed by atoms with Gasteiger partial charge in [0.2, 0.25) is 11.8 Å². The minimum Gasteiger partial charge on any atom is -0.497 e. The van der Waals surface area contributed by atoms with Crippen molar-refractivity contribution in [1.82, 2.24) is 4.90 Å². The number of nitrogens with one attached hydrogen (secondary N) is 2. The van der Waals surface area contributed by atoms with Crippen molar-refractivity contribution in [3.05, 3.63) is 66.7 Å². The third-order valence-electron chi connectivity index (χ3n) is 4.82. The number of fused-ring (bicyclic) bond motifs is 1. The van der Waals surface area contributed by atoms with Gasteiger partial charge in [0.1, 0.15) is 5.75 Å². The zero-order valence-corrected chi connectivity index (χ0v) is 16.8. The number of methoxy groups -OCH3 is 1. The van der Waals surface area contributed by atoms with Crippen LogP contribution >= 0.6 is 0 Å². The van der Waals surface area contributed by atoms with Crippen molar-refractivity contribution in [2.75, 3.05) is 31.3 Å². The van der Waals surface area contributed by atoms with Gasteiger partial charge in [-0.3, -0.25) is 14.5 Å². The Labute approximate surface area is 170 Å². The molecule has 0 aliphatic rings. The molecule has 6 heteroatoms. The van der Waals surface area contributed by atoms with Crippen LogP contribution in [0.5, 0.6) is 5.75 Å². The number of likely N-dealkylation sites (N-methyl/N-ethyl adjacent to an activating group) is 1. The molecule has 0 radical (unpaired) electrons. The first-order chi connectivity index (χ1) is 14.0. The molecule has 2 N–H and O–H groups in total. The molecular weight excluding hydrogens is 366 g/mol. The van der Waals surface area contributed by atoms with Crippen LogP contribution in [0.2, 0.25) is 0 Å². The summed E-state index contributed by atoms with van der Waals surface area (Å²) in [5.74, 6) is 0.363. The first-order valence-electron chi connectivity index (χ1n) is 9.40. The van der Waals surface area contributed by atoms with Crippen LogP contribution in [0.3, 0.4) is 0 Å². The van der Waals surface area contributed by atoms with E-state index >= 15 is 0 Å². The van der Waals surface area contributed by atoms with E-state index in [1.54, 1.807) is 50.2 Å². The molecule has 1 atom stereocenters. The van der Waals surface area contributed by atoms with E-state index in [0.717, 1.165) is 22.2 Å². The fourth-order valence-electron chi connectivity index (χ4n) is 2.95. The van der Waals surface area contributed by atoms with Crippen molar-refractivity contribution in [3.63, 3.8) is 0 Å². The van der Waals surface area contributed by atoms with Crippen molar-refractivity contribution in [3.8, 4) is 5.75 Å². The van der Waals surface area contributed by atoms with Gasteiger partial charge in [-0.05, 0) is 61.1 Å². The summed E-state index contributed by atoms with van der Waals surface area (Å²) >= 11 is 0. The van der Waals surface area contributed by atoms with Crippen molar-refractivity contribution in [2.24, 2.45) is 0 Å². The quantitative estimate of drug-likeness (QED) is 0.644. The summed E-state index contributed by atoms with van der Waals surface area (Å²) in [6.45, 7) is 1.87. The number of hydrogen-bond acceptors (Lipinski definition) is 4. The van der Waals surface area contributed by atoms with E-state index in [2.05, 4.69) is 10.6 Å². The fraction of sp³-hybridized carbons (Fsp3) is 0.217. The van der Waals surface area contributed by atoms with E-state index in [4.69, 9.17) is 4.74 Å². The standard InChI is InChI=1S/C23H25N3O3/c1-16(23(28)25-20-9-8-17-6-4-5-7-18(17)14-20)26(2)15-22(27)24-19-10-12-21(29-3)13-11-19/h4-14,16H,15H2,1-3H3,(H,24,27)(H,25,28). The van der Waals surface area contributed by atoms with E-state index in [1.807, 2.05) is 42.5 Å². The second-order valence-electron chi connectivity index (χ2n) is 6.92. The molecule has 6 nitrogen and oxygen atoms in total. The van der Waals surface area contributed by atoms with Gasteiger partial charge in [0.05, 0.1) is 19.7 Å². The zero-order valence-electron chi connectivity index (χ0n) is 16.8. The summed E-state index contributed by atoms with van der Waals surface area (Å²) in [4.78, 5) is 26.6. The lowest BCUT2D eigenvalue weighted by atomic mass is 10.1. The highest BCUT2D eigenvalue weighted by molar-refractivity contribution is 5.98. The average molecular weight is 391 g/mol. The van der Waals surface area contributed by atoms with Crippen LogP contribution < -0.4 is 15.4 Å². The Balaban J connectivity index is 1.55. The summed E-state index contributed by atoms with van der Waals surface area (Å²) in [5.41, 5.74) is 1.41. The molecule has 1 unspecified atom stereocenters. The summed E-state index contributed by atoms with van der Waals surface area (Å²) < 4.78 is 5.10. The van der Waals surface area contributed by atoms with E-state index in [0.29, 0.717) is 5.69 Å². The van der Waals surface area contributed by atoms with Gasteiger partial charge in [-0.25, -0.2) is 0 Å². The molecule has 0 bridgehead atoms. The van der Waals surface area contributed by atoms with Crippen molar-refractivity contribution >= 4 is 34.0 Å². The molecule has 0 spiro atoms. The van der Waals surface area contributed by atoms with Crippen LogP contribution in [0.4, 0.5) is 11.4 Å². The number of carbonyl (C=O) groups excluding carboxylic acids is 2. The van der Waals surface area contributed by atoms with Gasteiger partial charge in [-0.2, -0.15) is 0 Å². The molecule has 0 aliphatic carbocycles. The Bertz CT molecular complexity index is 1000. The molecule has 0 aliphatic heterocycles. The molecule has 29 heavy (non-hydrogen) atoms. The fourth-order valence-corrected chi connectivity index (χ4v) is 2.95. The molecule has 0 aromatic heterocycles. The largest absolute Gasteiger partial charge is 0.497 e. The molecule has 0 saturated carbocycles. The topological polar surface area (TPSA) is 70.7 Å². The number of carbonyl (C=O) groups is 2. The maximum Gasteiger partial charge on any atom is 0.241 e. The van der Waals surface area contributed by atoms with E-state index in [1.165, 1.54) is 0 Å². The number of benzene rings is 3. The van der Waals surface area contributed by atoms with E-state index in [-0.39, 0.29) is 18.4 Å². The molecule has 0 saturated heterocycles. The minimum atomic E-state index is -0.469. The van der Waals surface area contributed by atoms with Crippen LogP contribution in [0.25, 0.3) is 10.8 Å². The van der Waals surface area contributed by atoms with Gasteiger partial charge in [0.15, 0.2) is 0 Å². The third kappa shape index (κ3) is 5.33. The maximum atomic E-state index is 12.6. The molecule has 3 aromatic carbocycles. The predicted molar refractivity (Wildman–Crippen MR) is 116 cm³/mol. The zero-order chi connectivity index (χ0) is 20.8. The number of anilines is 2. The van der Waals surface area contributed by atoms with Crippen molar-refractivity contribution < 1.29 is 14.3 Å². The first kappa shape index (κ1) is 20.4. The van der Waals surface area contributed by atoms with Crippen LogP contribution in [0, 0.1) is 0 Å². The van der Waals surface area contributed by atoms with Gasteiger partial charge < -0.3 is 15.4 Å². The highest BCUT2D eigenvalue weighted by atomic mass is 16.5. The monoisotopic (exact) mass is 391 g/mol. The molecule has 3 rings (SSSR count). The number of amides is 2. The maximum absolute atomic E-state index is 12.6. The Kier molecular flexibility index (Phi) is 6.46. The first-order valence-corrected chi connectivity index (χ1v) is 9.40. The highest BCUT2D eigenvalue weighted by Crippen LogP contribution is 2.19. The number of nitrogens with zero attached hydrogens (tertiary/aromatic N) is 1. The van der Waals surface area contributed by atoms with Crippen LogP contribution in [0.1, 0.15) is 6.92 Å². The highest BCUT2D eigenvalue weighted by Gasteiger charge is 2.20. The molecule has 150 valence electrons. The van der Waals surface area contributed by atoms with Gasteiger partial charge >= 0.3 is 0 Å². The summed E-state index contributed by atoms with van der Waals surface area (Å²) in [6, 6.07) is 20.4. The Morgan fingerprint density at radius 1 is 0.931 bits per heavy atom. The average Bonchev–Trinajstić information content (AvgIpc) is 2.73. The minimum absolute atomic E-state index is 0.0956. The van der Waals surface area contributed by atoms with E-state index < -0.39 is 6.04 Å². The van der Waals surface area contributed by atoms with Crippen LogP contribution in [-0.4, -0.2) is 43.5 Å². The predicted octanol–water partition coefficient (Wildman–Crippen LogP) is 3.75. The number of ether oxygens (including phenoxy) is 1. The Morgan fingerprint density at radius 2 is 1.59 bits per heavy atom. The second-order valence-corrected chi connectivity index (χ2v) is 6.92. The summed E-state index contributed by atoms with van der Waals surface area (Å²) in [7, 11) is 3.34. The smallest absolute Gasteiger partial charge is 0.241 e. The summed E-state index contributed by atoms with van der Waals surface area (Å²) in [5, 5.41) is 7.92. The summed E-state index contributed by atoms with van der Waals surface area (Å²) in [6.07, 6.45) is 0. The number of rotatable bonds is 7. The third-order valence-corrected chi connectivity index (χ3v) is 4.82. The Hall–Kier alpha value is -3.38. The molecular formula is C23H25N3O3. The molecule has 0 fully saturated rings. The van der Waals surface area contributed by atoms with Gasteiger partial charge in [-0.1, -0.05) is 30.3 Å². The SMILES string of the molecule is COc1ccc(NC(=O)CN(C)C(C)C(=O)Nc2ccc3ccccc3c2)cc1. The Morgan fingerprint density at radius 3 is 2.28 bits per heavy atom. The lowest BCUT2D eigenvalue weighted by Crippen LogP contribution is -2.43. The van der Waals surface area contributed by atoms with E-state index in [9.17, 15) is 9.59 Å². The van der Waals surface area contributed by atoms with Gasteiger partial charge in [0, 0.05) is 11.4 Å². The number of hydrogen-bond donors (Lipinski definition) is 2. The van der Waals surface area contributed by atoms with Crippen LogP contribution in [-0.2, 0) is 9.59 Å². The van der Waals surface area contributed by atoms with Crippen molar-refractivity contribution in [1.29, 1.82) is 0 Å². The van der Waals surface area contributed by atoms with Crippen LogP contribution in [0.15, 0.2) is 66.7 Å². The van der Waals surface area contributed by atoms with Gasteiger partial charge in [-0.15, -0.1) is 0 Å². The lowest BCUT2D eigenvalue weighted by Gasteiger charge is -2.23.